The standard InChI is InChI=1S/C10H22N2O2/c1-3-11-4-5-12-10-8-13-6-7-14-9(10)2/h9-12H,3-8H2,1-2H3/t9-,10-/m0/s1. The van der Waals surface area contributed by atoms with E-state index in [1.165, 1.54) is 0 Å². The van der Waals surface area contributed by atoms with Crippen molar-refractivity contribution in [1.82, 2.24) is 10.6 Å². The zero-order chi connectivity index (χ0) is 10.2. The summed E-state index contributed by atoms with van der Waals surface area (Å²) in [6, 6.07) is 0.330. The van der Waals surface area contributed by atoms with Crippen LogP contribution in [0.4, 0.5) is 0 Å². The lowest BCUT2D eigenvalue weighted by Crippen LogP contribution is -2.44. The van der Waals surface area contributed by atoms with Crippen molar-refractivity contribution < 1.29 is 9.47 Å². The Kier molecular flexibility index (Phi) is 6.10. The van der Waals surface area contributed by atoms with E-state index in [0.717, 1.165) is 32.8 Å². The molecule has 0 aliphatic carbocycles. The minimum atomic E-state index is 0.249. The predicted octanol–water partition coefficient (Wildman–Crippen LogP) is -0.0106. The summed E-state index contributed by atoms with van der Waals surface area (Å²) in [5.41, 5.74) is 0. The highest BCUT2D eigenvalue weighted by atomic mass is 16.5. The van der Waals surface area contributed by atoms with E-state index in [1.54, 1.807) is 0 Å². The fourth-order valence-corrected chi connectivity index (χ4v) is 1.50. The third kappa shape index (κ3) is 4.37. The van der Waals surface area contributed by atoms with Crippen molar-refractivity contribution in [3.8, 4) is 0 Å². The Labute approximate surface area is 86.3 Å². The summed E-state index contributed by atoms with van der Waals surface area (Å²) in [5, 5.41) is 6.71. The molecule has 0 amide bonds. The molecule has 0 aromatic heterocycles. The Hall–Kier alpha value is -0.160. The van der Waals surface area contributed by atoms with Gasteiger partial charge in [-0.1, -0.05) is 6.92 Å². The van der Waals surface area contributed by atoms with E-state index < -0.39 is 0 Å². The first-order valence-electron chi connectivity index (χ1n) is 5.48. The smallest absolute Gasteiger partial charge is 0.0723 e. The molecule has 2 atom stereocenters. The summed E-state index contributed by atoms with van der Waals surface area (Å²) in [4.78, 5) is 0. The van der Waals surface area contributed by atoms with Crippen molar-refractivity contribution >= 4 is 0 Å². The summed E-state index contributed by atoms with van der Waals surface area (Å²) >= 11 is 0. The largest absolute Gasteiger partial charge is 0.377 e. The van der Waals surface area contributed by atoms with Crippen LogP contribution < -0.4 is 10.6 Å². The Morgan fingerprint density at radius 3 is 2.93 bits per heavy atom. The Bertz CT molecular complexity index is 144. The molecule has 4 heteroatoms. The van der Waals surface area contributed by atoms with Crippen molar-refractivity contribution in [3.63, 3.8) is 0 Å². The molecule has 1 rings (SSSR count). The van der Waals surface area contributed by atoms with Crippen LogP contribution in [0.2, 0.25) is 0 Å². The molecule has 14 heavy (non-hydrogen) atoms. The number of hydrogen-bond donors (Lipinski definition) is 2. The summed E-state index contributed by atoms with van der Waals surface area (Å²) in [6.45, 7) is 9.39. The van der Waals surface area contributed by atoms with Gasteiger partial charge in [0.25, 0.3) is 0 Å². The molecule has 1 fully saturated rings. The van der Waals surface area contributed by atoms with Crippen LogP contribution in [0.1, 0.15) is 13.8 Å². The zero-order valence-electron chi connectivity index (χ0n) is 9.21. The van der Waals surface area contributed by atoms with E-state index in [1.807, 2.05) is 0 Å². The molecule has 84 valence electrons. The van der Waals surface area contributed by atoms with Gasteiger partial charge in [-0.25, -0.2) is 0 Å². The van der Waals surface area contributed by atoms with Crippen LogP contribution in [0.15, 0.2) is 0 Å². The van der Waals surface area contributed by atoms with E-state index in [0.29, 0.717) is 12.6 Å². The fraction of sp³-hybridized carbons (Fsp3) is 1.00. The van der Waals surface area contributed by atoms with Crippen molar-refractivity contribution in [2.45, 2.75) is 26.0 Å². The molecule has 0 spiro atoms. The van der Waals surface area contributed by atoms with Gasteiger partial charge in [-0.2, -0.15) is 0 Å². The highest BCUT2D eigenvalue weighted by molar-refractivity contribution is 4.75. The Morgan fingerprint density at radius 2 is 2.14 bits per heavy atom. The number of ether oxygens (including phenoxy) is 2. The lowest BCUT2D eigenvalue weighted by atomic mass is 10.2. The lowest BCUT2D eigenvalue weighted by Gasteiger charge is -2.21. The van der Waals surface area contributed by atoms with E-state index in [9.17, 15) is 0 Å². The van der Waals surface area contributed by atoms with Crippen LogP contribution in [0, 0.1) is 0 Å². The molecular weight excluding hydrogens is 180 g/mol. The van der Waals surface area contributed by atoms with E-state index in [-0.39, 0.29) is 6.10 Å². The molecule has 0 unspecified atom stereocenters. The number of hydrogen-bond acceptors (Lipinski definition) is 4. The first kappa shape index (κ1) is 11.9. The molecule has 0 saturated carbocycles. The van der Waals surface area contributed by atoms with Crippen molar-refractivity contribution in [1.29, 1.82) is 0 Å². The van der Waals surface area contributed by atoms with Gasteiger partial charge in [-0.05, 0) is 13.5 Å². The Morgan fingerprint density at radius 1 is 1.29 bits per heavy atom. The monoisotopic (exact) mass is 202 g/mol. The van der Waals surface area contributed by atoms with Crippen LogP contribution in [0.5, 0.6) is 0 Å². The molecule has 0 bridgehead atoms. The molecule has 4 nitrogen and oxygen atoms in total. The maximum absolute atomic E-state index is 5.56. The van der Waals surface area contributed by atoms with Crippen LogP contribution in [-0.2, 0) is 9.47 Å². The van der Waals surface area contributed by atoms with Gasteiger partial charge in [-0.3, -0.25) is 0 Å². The number of rotatable bonds is 5. The van der Waals surface area contributed by atoms with Gasteiger partial charge < -0.3 is 20.1 Å². The minimum absolute atomic E-state index is 0.249. The normalized spacial score (nSPS) is 28.7. The van der Waals surface area contributed by atoms with Crippen molar-refractivity contribution in [3.05, 3.63) is 0 Å². The van der Waals surface area contributed by atoms with Gasteiger partial charge in [0.1, 0.15) is 0 Å². The molecule has 1 heterocycles. The van der Waals surface area contributed by atoms with Gasteiger partial charge in [0.2, 0.25) is 0 Å². The Balaban J connectivity index is 2.13. The SMILES string of the molecule is CCNCCN[C@H]1COCCO[C@H]1C. The molecule has 2 N–H and O–H groups in total. The maximum atomic E-state index is 5.56. The minimum Gasteiger partial charge on any atom is -0.377 e. The van der Waals surface area contributed by atoms with Crippen LogP contribution in [-0.4, -0.2) is 51.6 Å². The highest BCUT2D eigenvalue weighted by Crippen LogP contribution is 2.03. The van der Waals surface area contributed by atoms with E-state index in [2.05, 4.69) is 24.5 Å². The van der Waals surface area contributed by atoms with Crippen LogP contribution >= 0.6 is 0 Å². The summed E-state index contributed by atoms with van der Waals surface area (Å²) < 4.78 is 11.0. The van der Waals surface area contributed by atoms with Gasteiger partial charge in [0.05, 0.1) is 32.0 Å². The summed E-state index contributed by atoms with van der Waals surface area (Å²) in [6.07, 6.45) is 0.249. The quantitative estimate of drug-likeness (QED) is 0.615. The molecule has 0 aromatic carbocycles. The lowest BCUT2D eigenvalue weighted by molar-refractivity contribution is 0.0547. The summed E-state index contributed by atoms with van der Waals surface area (Å²) in [7, 11) is 0. The average molecular weight is 202 g/mol. The van der Waals surface area contributed by atoms with Gasteiger partial charge in [0.15, 0.2) is 0 Å². The third-order valence-corrected chi connectivity index (χ3v) is 2.43. The second-order valence-electron chi connectivity index (χ2n) is 3.56. The van der Waals surface area contributed by atoms with Crippen molar-refractivity contribution in [2.75, 3.05) is 39.5 Å². The fourth-order valence-electron chi connectivity index (χ4n) is 1.50. The average Bonchev–Trinajstić information content (AvgIpc) is 2.39. The molecule has 0 aromatic rings. The van der Waals surface area contributed by atoms with E-state index in [4.69, 9.17) is 9.47 Å². The molecule has 0 radical (unpaired) electrons. The predicted molar refractivity (Wildman–Crippen MR) is 56.6 cm³/mol. The van der Waals surface area contributed by atoms with Gasteiger partial charge >= 0.3 is 0 Å². The topological polar surface area (TPSA) is 42.5 Å². The third-order valence-electron chi connectivity index (χ3n) is 2.43. The maximum Gasteiger partial charge on any atom is 0.0723 e. The number of nitrogens with one attached hydrogen (secondary N) is 2. The van der Waals surface area contributed by atoms with Crippen molar-refractivity contribution in [2.24, 2.45) is 0 Å². The number of likely N-dealkylation sites (N-methyl/N-ethyl adjacent to an activating group) is 1. The van der Waals surface area contributed by atoms with Gasteiger partial charge in [-0.15, -0.1) is 0 Å². The van der Waals surface area contributed by atoms with E-state index >= 15 is 0 Å². The first-order valence-corrected chi connectivity index (χ1v) is 5.48. The highest BCUT2D eigenvalue weighted by Gasteiger charge is 2.19. The first-order chi connectivity index (χ1) is 6.84. The second-order valence-corrected chi connectivity index (χ2v) is 3.56. The van der Waals surface area contributed by atoms with Crippen LogP contribution in [0.25, 0.3) is 0 Å². The zero-order valence-corrected chi connectivity index (χ0v) is 9.21. The second kappa shape index (κ2) is 7.17. The van der Waals surface area contributed by atoms with Crippen LogP contribution in [0.3, 0.4) is 0 Å². The van der Waals surface area contributed by atoms with Gasteiger partial charge in [0, 0.05) is 13.1 Å². The summed E-state index contributed by atoms with van der Waals surface area (Å²) in [5.74, 6) is 0. The molecular formula is C10H22N2O2. The molecule has 1 aliphatic heterocycles. The molecule has 1 aliphatic rings. The molecule has 1 saturated heterocycles.